The van der Waals surface area contributed by atoms with Gasteiger partial charge < -0.3 is 15.5 Å². The summed E-state index contributed by atoms with van der Waals surface area (Å²) in [6.45, 7) is 9.48. The lowest BCUT2D eigenvalue weighted by Gasteiger charge is -2.34. The first-order valence-corrected chi connectivity index (χ1v) is 11.8. The van der Waals surface area contributed by atoms with Gasteiger partial charge in [-0.1, -0.05) is 32.8 Å². The average Bonchev–Trinajstić information content (AvgIpc) is 2.79. The molecule has 2 N–H and O–H groups in total. The molecule has 1 aliphatic rings. The first-order valence-electron chi connectivity index (χ1n) is 11.8. The van der Waals surface area contributed by atoms with E-state index in [0.717, 1.165) is 61.7 Å². The predicted molar refractivity (Wildman–Crippen MR) is 128 cm³/mol. The summed E-state index contributed by atoms with van der Waals surface area (Å²) < 4.78 is 0. The molecule has 6 nitrogen and oxygen atoms in total. The number of unbranched alkanes of at least 4 members (excludes halogenated alkanes) is 2. The third-order valence-corrected chi connectivity index (χ3v) is 5.88. The highest BCUT2D eigenvalue weighted by Crippen LogP contribution is 2.24. The van der Waals surface area contributed by atoms with E-state index in [2.05, 4.69) is 41.5 Å². The highest BCUT2D eigenvalue weighted by Gasteiger charge is 2.21. The summed E-state index contributed by atoms with van der Waals surface area (Å²) in [7, 11) is 0. The van der Waals surface area contributed by atoms with Gasteiger partial charge in [0.2, 0.25) is 5.95 Å². The molecule has 2 heterocycles. The summed E-state index contributed by atoms with van der Waals surface area (Å²) >= 11 is 0. The van der Waals surface area contributed by atoms with Crippen molar-refractivity contribution < 1.29 is 0 Å². The first kappa shape index (κ1) is 23.0. The van der Waals surface area contributed by atoms with E-state index in [9.17, 15) is 5.26 Å². The number of hydrogen-bond acceptors (Lipinski definition) is 6. The van der Waals surface area contributed by atoms with E-state index in [-0.39, 0.29) is 0 Å². The SMILES string of the molecule is CCCCNC1CCCN(c2cc(CCCC)nc(Nc3ccc(C)c(C#N)c3)n2)C1. The molecular weight excluding hydrogens is 384 g/mol. The third-order valence-electron chi connectivity index (χ3n) is 5.88. The Bertz CT molecular complexity index is 888. The summed E-state index contributed by atoms with van der Waals surface area (Å²) in [5.41, 5.74) is 3.56. The van der Waals surface area contributed by atoms with Gasteiger partial charge in [0.05, 0.1) is 11.6 Å². The predicted octanol–water partition coefficient (Wildman–Crippen LogP) is 5.10. The van der Waals surface area contributed by atoms with Gasteiger partial charge in [-0.25, -0.2) is 4.98 Å². The van der Waals surface area contributed by atoms with E-state index < -0.39 is 0 Å². The lowest BCUT2D eigenvalue weighted by atomic mass is 10.1. The minimum absolute atomic E-state index is 0.515. The van der Waals surface area contributed by atoms with Gasteiger partial charge >= 0.3 is 0 Å². The number of anilines is 3. The van der Waals surface area contributed by atoms with Crippen molar-refractivity contribution in [2.75, 3.05) is 29.9 Å². The molecule has 0 saturated carbocycles. The molecule has 6 heteroatoms. The molecule has 31 heavy (non-hydrogen) atoms. The van der Waals surface area contributed by atoms with Crippen molar-refractivity contribution in [3.05, 3.63) is 41.1 Å². The van der Waals surface area contributed by atoms with Gasteiger partial charge in [0.15, 0.2) is 0 Å². The maximum atomic E-state index is 9.35. The monoisotopic (exact) mass is 420 g/mol. The maximum Gasteiger partial charge on any atom is 0.229 e. The number of rotatable bonds is 10. The Labute approximate surface area is 187 Å². The number of aryl methyl sites for hydroxylation is 2. The van der Waals surface area contributed by atoms with Gasteiger partial charge in [0.1, 0.15) is 5.82 Å². The van der Waals surface area contributed by atoms with Crippen molar-refractivity contribution in [1.82, 2.24) is 15.3 Å². The van der Waals surface area contributed by atoms with E-state index in [1.807, 2.05) is 25.1 Å². The maximum absolute atomic E-state index is 9.35. The van der Waals surface area contributed by atoms with Crippen LogP contribution in [0.15, 0.2) is 24.3 Å². The summed E-state index contributed by atoms with van der Waals surface area (Å²) in [4.78, 5) is 12.0. The van der Waals surface area contributed by atoms with Crippen molar-refractivity contribution >= 4 is 17.5 Å². The molecule has 1 fully saturated rings. The fourth-order valence-electron chi connectivity index (χ4n) is 3.97. The van der Waals surface area contributed by atoms with E-state index in [0.29, 0.717) is 17.6 Å². The molecule has 1 atom stereocenters. The second-order valence-corrected chi connectivity index (χ2v) is 8.50. The van der Waals surface area contributed by atoms with Crippen LogP contribution in [0.25, 0.3) is 0 Å². The number of piperidine rings is 1. The van der Waals surface area contributed by atoms with Gasteiger partial charge in [-0.2, -0.15) is 10.2 Å². The van der Waals surface area contributed by atoms with Crippen LogP contribution in [-0.4, -0.2) is 35.6 Å². The topological polar surface area (TPSA) is 76.9 Å². The van der Waals surface area contributed by atoms with Crippen LogP contribution in [0.1, 0.15) is 69.2 Å². The molecule has 166 valence electrons. The summed E-state index contributed by atoms with van der Waals surface area (Å²) in [6.07, 6.45) is 8.03. The van der Waals surface area contributed by atoms with Gasteiger partial charge in [-0.15, -0.1) is 0 Å². The standard InChI is InChI=1S/C25H36N6/c1-4-6-9-21-16-24(31-14-8-10-23(18-31)27-13-7-5-2)30-25(28-21)29-22-12-11-19(3)20(15-22)17-26/h11-12,15-16,23,27H,4-10,13-14,18H2,1-3H3,(H,28,29,30). The lowest BCUT2D eigenvalue weighted by molar-refractivity contribution is 0.418. The van der Waals surface area contributed by atoms with Crippen molar-refractivity contribution in [1.29, 1.82) is 5.26 Å². The number of benzene rings is 1. The number of nitrogens with zero attached hydrogens (tertiary/aromatic N) is 4. The zero-order chi connectivity index (χ0) is 22.1. The van der Waals surface area contributed by atoms with Gasteiger partial charge in [-0.3, -0.25) is 0 Å². The molecule has 0 spiro atoms. The van der Waals surface area contributed by atoms with Crippen LogP contribution in [-0.2, 0) is 6.42 Å². The van der Waals surface area contributed by atoms with Crippen molar-refractivity contribution in [3.63, 3.8) is 0 Å². The molecule has 1 unspecified atom stereocenters. The smallest absolute Gasteiger partial charge is 0.229 e. The molecule has 1 saturated heterocycles. The van der Waals surface area contributed by atoms with Crippen molar-refractivity contribution in [2.45, 2.75) is 71.8 Å². The molecular formula is C25H36N6. The van der Waals surface area contributed by atoms with Gasteiger partial charge in [0, 0.05) is 36.6 Å². The zero-order valence-electron chi connectivity index (χ0n) is 19.2. The van der Waals surface area contributed by atoms with Crippen LogP contribution in [0.3, 0.4) is 0 Å². The van der Waals surface area contributed by atoms with Gasteiger partial charge in [0.25, 0.3) is 0 Å². The fourth-order valence-corrected chi connectivity index (χ4v) is 3.97. The molecule has 0 amide bonds. The largest absolute Gasteiger partial charge is 0.355 e. The van der Waals surface area contributed by atoms with Crippen LogP contribution in [0, 0.1) is 18.3 Å². The Balaban J connectivity index is 1.80. The normalized spacial score (nSPS) is 16.2. The lowest BCUT2D eigenvalue weighted by Crippen LogP contribution is -2.46. The Morgan fingerprint density at radius 2 is 2.00 bits per heavy atom. The molecule has 0 bridgehead atoms. The highest BCUT2D eigenvalue weighted by molar-refractivity contribution is 5.59. The molecule has 2 aromatic rings. The number of nitrogens with one attached hydrogen (secondary N) is 2. The van der Waals surface area contributed by atoms with Crippen LogP contribution in [0.2, 0.25) is 0 Å². The first-order chi connectivity index (χ1) is 15.1. The highest BCUT2D eigenvalue weighted by atomic mass is 15.2. The zero-order valence-corrected chi connectivity index (χ0v) is 19.2. The van der Waals surface area contributed by atoms with Crippen LogP contribution < -0.4 is 15.5 Å². The summed E-state index contributed by atoms with van der Waals surface area (Å²) in [6, 6.07) is 10.7. The molecule has 3 rings (SSSR count). The van der Waals surface area contributed by atoms with Crippen LogP contribution in [0.5, 0.6) is 0 Å². The van der Waals surface area contributed by atoms with Crippen molar-refractivity contribution in [3.8, 4) is 6.07 Å². The average molecular weight is 421 g/mol. The summed E-state index contributed by atoms with van der Waals surface area (Å²) in [5, 5.41) is 16.4. The molecule has 1 aromatic heterocycles. The Hall–Kier alpha value is -2.65. The minimum atomic E-state index is 0.515. The minimum Gasteiger partial charge on any atom is -0.355 e. The molecule has 0 radical (unpaired) electrons. The molecule has 0 aliphatic carbocycles. The van der Waals surface area contributed by atoms with E-state index in [1.54, 1.807) is 0 Å². The number of hydrogen-bond donors (Lipinski definition) is 2. The Morgan fingerprint density at radius 1 is 1.16 bits per heavy atom. The summed E-state index contributed by atoms with van der Waals surface area (Å²) in [5.74, 6) is 1.61. The van der Waals surface area contributed by atoms with E-state index in [1.165, 1.54) is 25.7 Å². The van der Waals surface area contributed by atoms with Crippen LogP contribution in [0.4, 0.5) is 17.5 Å². The fraction of sp³-hybridized carbons (Fsp3) is 0.560. The van der Waals surface area contributed by atoms with Gasteiger partial charge in [-0.05, 0) is 63.3 Å². The second-order valence-electron chi connectivity index (χ2n) is 8.50. The Kier molecular flexibility index (Phi) is 8.66. The Morgan fingerprint density at radius 3 is 2.77 bits per heavy atom. The van der Waals surface area contributed by atoms with Crippen LogP contribution >= 0.6 is 0 Å². The van der Waals surface area contributed by atoms with Crippen molar-refractivity contribution in [2.24, 2.45) is 0 Å². The van der Waals surface area contributed by atoms with E-state index in [4.69, 9.17) is 9.97 Å². The second kappa shape index (κ2) is 11.7. The number of aromatic nitrogens is 2. The quantitative estimate of drug-likeness (QED) is 0.521. The number of nitriles is 1. The third kappa shape index (κ3) is 6.67. The molecule has 1 aliphatic heterocycles. The van der Waals surface area contributed by atoms with E-state index >= 15 is 0 Å². The molecule has 1 aromatic carbocycles.